The second kappa shape index (κ2) is 6.57. The number of hydrogen-bond donors (Lipinski definition) is 2. The summed E-state index contributed by atoms with van der Waals surface area (Å²) >= 11 is 0. The van der Waals surface area contributed by atoms with Crippen molar-refractivity contribution >= 4 is 10.1 Å². The smallest absolute Gasteiger partial charge is 0.272 e. The van der Waals surface area contributed by atoms with E-state index in [1.165, 1.54) is 0 Å². The van der Waals surface area contributed by atoms with Gasteiger partial charge in [0.2, 0.25) is 0 Å². The number of hydrogen-bond acceptors (Lipinski definition) is 3. The average molecular weight is 251 g/mol. The van der Waals surface area contributed by atoms with E-state index in [9.17, 15) is 13.0 Å². The van der Waals surface area contributed by atoms with Gasteiger partial charge in [-0.1, -0.05) is 40.0 Å². The van der Waals surface area contributed by atoms with E-state index in [-0.39, 0.29) is 0 Å². The molecule has 1 unspecified atom stereocenters. The van der Waals surface area contributed by atoms with Gasteiger partial charge in [0.05, 0.1) is 0 Å². The summed E-state index contributed by atoms with van der Waals surface area (Å²) in [6, 6.07) is -0.479. The normalized spacial score (nSPS) is 15.1. The van der Waals surface area contributed by atoms with E-state index >= 15 is 0 Å². The van der Waals surface area contributed by atoms with E-state index < -0.39 is 20.9 Å². The molecular weight excluding hydrogens is 226 g/mol. The maximum Gasteiger partial charge on any atom is 0.272 e. The highest BCUT2D eigenvalue weighted by Gasteiger charge is 2.45. The fourth-order valence-corrected chi connectivity index (χ4v) is 3.79. The first-order chi connectivity index (χ1) is 7.35. The number of nitrogens with two attached hydrogens (primary N) is 1. The lowest BCUT2D eigenvalue weighted by atomic mass is 9.87. The van der Waals surface area contributed by atoms with E-state index in [1.807, 2.05) is 20.8 Å². The molecule has 0 bridgehead atoms. The minimum atomic E-state index is -4.10. The van der Waals surface area contributed by atoms with Crippen LogP contribution in [0.15, 0.2) is 0 Å². The zero-order chi connectivity index (χ0) is 12.8. The second-order valence-corrected chi connectivity index (χ2v) is 6.20. The van der Waals surface area contributed by atoms with Crippen molar-refractivity contribution in [3.8, 4) is 0 Å². The van der Waals surface area contributed by atoms with Crippen LogP contribution in [0.25, 0.3) is 0 Å². The molecular formula is C11H25NO3S. The van der Waals surface area contributed by atoms with E-state index in [4.69, 9.17) is 5.73 Å². The molecule has 0 amide bonds. The van der Waals surface area contributed by atoms with Crippen molar-refractivity contribution in [2.24, 2.45) is 5.73 Å². The highest BCUT2D eigenvalue weighted by molar-refractivity contribution is 7.87. The van der Waals surface area contributed by atoms with E-state index in [2.05, 4.69) is 0 Å². The lowest BCUT2D eigenvalue weighted by Gasteiger charge is -2.35. The van der Waals surface area contributed by atoms with Crippen molar-refractivity contribution in [2.75, 3.05) is 0 Å². The van der Waals surface area contributed by atoms with Gasteiger partial charge >= 0.3 is 0 Å². The molecule has 0 rings (SSSR count). The van der Waals surface area contributed by atoms with Gasteiger partial charge in [-0.3, -0.25) is 4.55 Å². The van der Waals surface area contributed by atoms with Gasteiger partial charge in [-0.2, -0.15) is 8.42 Å². The van der Waals surface area contributed by atoms with Crippen LogP contribution in [0, 0.1) is 0 Å². The third-order valence-electron chi connectivity index (χ3n) is 3.14. The zero-order valence-electron chi connectivity index (χ0n) is 10.6. The molecule has 0 aromatic heterocycles. The van der Waals surface area contributed by atoms with Crippen LogP contribution in [0.3, 0.4) is 0 Å². The summed E-state index contributed by atoms with van der Waals surface area (Å²) in [4.78, 5) is 0. The molecule has 0 spiro atoms. The van der Waals surface area contributed by atoms with Crippen LogP contribution in [-0.2, 0) is 10.1 Å². The SMILES string of the molecule is CCCC(N)C(CCC)(CCC)S(=O)(=O)O. The largest absolute Gasteiger partial charge is 0.326 e. The highest BCUT2D eigenvalue weighted by atomic mass is 32.2. The topological polar surface area (TPSA) is 80.4 Å². The Hall–Kier alpha value is -0.130. The van der Waals surface area contributed by atoms with Crippen LogP contribution in [-0.4, -0.2) is 23.8 Å². The van der Waals surface area contributed by atoms with Crippen LogP contribution in [0.1, 0.15) is 59.3 Å². The maximum atomic E-state index is 11.6. The van der Waals surface area contributed by atoms with Crippen LogP contribution in [0.4, 0.5) is 0 Å². The molecule has 0 aromatic carbocycles. The van der Waals surface area contributed by atoms with Gasteiger partial charge in [0, 0.05) is 6.04 Å². The van der Waals surface area contributed by atoms with Crippen molar-refractivity contribution in [3.05, 3.63) is 0 Å². The Morgan fingerprint density at radius 2 is 1.56 bits per heavy atom. The Morgan fingerprint density at radius 1 is 1.12 bits per heavy atom. The Balaban J connectivity index is 5.24. The lowest BCUT2D eigenvalue weighted by Crippen LogP contribution is -2.53. The van der Waals surface area contributed by atoms with Gasteiger partial charge in [0.25, 0.3) is 10.1 Å². The van der Waals surface area contributed by atoms with Gasteiger partial charge < -0.3 is 5.73 Å². The minimum absolute atomic E-state index is 0.431. The highest BCUT2D eigenvalue weighted by Crippen LogP contribution is 2.33. The average Bonchev–Trinajstić information content (AvgIpc) is 2.15. The summed E-state index contributed by atoms with van der Waals surface area (Å²) in [5.74, 6) is 0. The second-order valence-electron chi connectivity index (χ2n) is 4.44. The molecule has 3 N–H and O–H groups in total. The molecule has 0 aliphatic heterocycles. The summed E-state index contributed by atoms with van der Waals surface area (Å²) < 4.78 is 31.6. The van der Waals surface area contributed by atoms with Gasteiger partial charge in [-0.15, -0.1) is 0 Å². The van der Waals surface area contributed by atoms with E-state index in [1.54, 1.807) is 0 Å². The summed E-state index contributed by atoms with van der Waals surface area (Å²) in [5.41, 5.74) is 5.98. The van der Waals surface area contributed by atoms with Crippen LogP contribution in [0.2, 0.25) is 0 Å². The predicted octanol–water partition coefficient (Wildman–Crippen LogP) is 2.34. The first-order valence-corrected chi connectivity index (χ1v) is 7.52. The fraction of sp³-hybridized carbons (Fsp3) is 1.00. The third kappa shape index (κ3) is 3.43. The standard InChI is InChI=1S/C11H25NO3S/c1-4-7-10(12)11(8-5-2,9-6-3)16(13,14)15/h10H,4-9,12H2,1-3H3,(H,13,14,15). The lowest BCUT2D eigenvalue weighted by molar-refractivity contribution is 0.328. The number of rotatable bonds is 8. The van der Waals surface area contributed by atoms with Crippen LogP contribution in [0.5, 0.6) is 0 Å². The van der Waals surface area contributed by atoms with Crippen LogP contribution >= 0.6 is 0 Å². The predicted molar refractivity (Wildman–Crippen MR) is 67.0 cm³/mol. The molecule has 0 heterocycles. The van der Waals surface area contributed by atoms with Crippen molar-refractivity contribution in [1.29, 1.82) is 0 Å². The van der Waals surface area contributed by atoms with Crippen molar-refractivity contribution in [3.63, 3.8) is 0 Å². The van der Waals surface area contributed by atoms with Crippen molar-refractivity contribution in [1.82, 2.24) is 0 Å². The molecule has 0 aromatic rings. The minimum Gasteiger partial charge on any atom is -0.326 e. The molecule has 0 aliphatic rings. The van der Waals surface area contributed by atoms with Gasteiger partial charge in [-0.05, 0) is 19.3 Å². The van der Waals surface area contributed by atoms with Crippen molar-refractivity contribution < 1.29 is 13.0 Å². The molecule has 4 nitrogen and oxygen atoms in total. The Morgan fingerprint density at radius 3 is 1.81 bits per heavy atom. The fourth-order valence-electron chi connectivity index (χ4n) is 2.37. The van der Waals surface area contributed by atoms with Crippen molar-refractivity contribution in [2.45, 2.75) is 70.1 Å². The molecule has 1 atom stereocenters. The Labute approximate surface area is 99.4 Å². The summed E-state index contributed by atoms with van der Waals surface area (Å²) in [5, 5.41) is 0. The Bertz CT molecular complexity index is 282. The molecule has 0 aliphatic carbocycles. The van der Waals surface area contributed by atoms with E-state index in [0.29, 0.717) is 32.1 Å². The molecule has 16 heavy (non-hydrogen) atoms. The molecule has 0 saturated carbocycles. The third-order valence-corrected chi connectivity index (χ3v) is 4.87. The molecule has 5 heteroatoms. The molecule has 0 saturated heterocycles. The Kier molecular flexibility index (Phi) is 6.51. The summed E-state index contributed by atoms with van der Waals surface area (Å²) in [6.07, 6.45) is 3.72. The maximum absolute atomic E-state index is 11.6. The monoisotopic (exact) mass is 251 g/mol. The van der Waals surface area contributed by atoms with Crippen LogP contribution < -0.4 is 5.73 Å². The van der Waals surface area contributed by atoms with Gasteiger partial charge in [-0.25, -0.2) is 0 Å². The first kappa shape index (κ1) is 15.9. The molecule has 98 valence electrons. The molecule has 0 radical (unpaired) electrons. The first-order valence-electron chi connectivity index (χ1n) is 6.08. The van der Waals surface area contributed by atoms with E-state index in [0.717, 1.165) is 6.42 Å². The molecule has 0 fully saturated rings. The summed E-state index contributed by atoms with van der Waals surface area (Å²) in [6.45, 7) is 5.79. The summed E-state index contributed by atoms with van der Waals surface area (Å²) in [7, 11) is -4.10. The van der Waals surface area contributed by atoms with Gasteiger partial charge in [0.15, 0.2) is 0 Å². The van der Waals surface area contributed by atoms with Gasteiger partial charge in [0.1, 0.15) is 4.75 Å². The zero-order valence-corrected chi connectivity index (χ0v) is 11.4. The quantitative estimate of drug-likeness (QED) is 0.649.